The van der Waals surface area contributed by atoms with Crippen molar-refractivity contribution in [2.24, 2.45) is 5.73 Å². The minimum atomic E-state index is -0.285. The third-order valence-electron chi connectivity index (χ3n) is 2.87. The summed E-state index contributed by atoms with van der Waals surface area (Å²) in [7, 11) is 0. The van der Waals surface area contributed by atoms with Crippen LogP contribution in [-0.2, 0) is 13.0 Å². The summed E-state index contributed by atoms with van der Waals surface area (Å²) in [6.45, 7) is 0.832. The van der Waals surface area contributed by atoms with Crippen molar-refractivity contribution >= 4 is 27.5 Å². The molecule has 2 aromatic carbocycles. The first-order valence-corrected chi connectivity index (χ1v) is 7.33. The molecular weight excluding hydrogens is 345 g/mol. The van der Waals surface area contributed by atoms with Crippen molar-refractivity contribution in [3.05, 3.63) is 62.8 Å². The van der Waals surface area contributed by atoms with E-state index >= 15 is 0 Å². The van der Waals surface area contributed by atoms with Gasteiger partial charge in [-0.3, -0.25) is 0 Å². The second kappa shape index (κ2) is 7.07. The largest absolute Gasteiger partial charge is 0.489 e. The lowest BCUT2D eigenvalue weighted by atomic mass is 10.1. The van der Waals surface area contributed by atoms with E-state index in [4.69, 9.17) is 22.1 Å². The molecule has 0 amide bonds. The van der Waals surface area contributed by atoms with Crippen LogP contribution in [0.2, 0.25) is 5.02 Å². The summed E-state index contributed by atoms with van der Waals surface area (Å²) in [6.07, 6.45) is 0.652. The fourth-order valence-corrected chi connectivity index (χ4v) is 2.58. The number of ether oxygens (including phenoxy) is 1. The maximum Gasteiger partial charge on any atom is 0.124 e. The third-order valence-corrected chi connectivity index (χ3v) is 3.96. The molecule has 20 heavy (non-hydrogen) atoms. The maximum atomic E-state index is 13.0. The van der Waals surface area contributed by atoms with E-state index in [9.17, 15) is 4.39 Å². The van der Waals surface area contributed by atoms with Crippen molar-refractivity contribution in [1.82, 2.24) is 0 Å². The Morgan fingerprint density at radius 2 is 2.05 bits per heavy atom. The van der Waals surface area contributed by atoms with Gasteiger partial charge >= 0.3 is 0 Å². The molecule has 0 heterocycles. The summed E-state index contributed by atoms with van der Waals surface area (Å²) >= 11 is 9.47. The van der Waals surface area contributed by atoms with Crippen molar-refractivity contribution in [2.45, 2.75) is 13.0 Å². The average molecular weight is 359 g/mol. The molecule has 2 nitrogen and oxygen atoms in total. The number of halogens is 3. The van der Waals surface area contributed by atoms with E-state index in [1.807, 2.05) is 18.2 Å². The van der Waals surface area contributed by atoms with Crippen LogP contribution in [-0.4, -0.2) is 6.54 Å². The zero-order valence-electron chi connectivity index (χ0n) is 10.7. The zero-order valence-corrected chi connectivity index (χ0v) is 13.0. The van der Waals surface area contributed by atoms with Crippen LogP contribution >= 0.6 is 27.5 Å². The predicted molar refractivity (Wildman–Crippen MR) is 82.6 cm³/mol. The lowest BCUT2D eigenvalue weighted by Gasteiger charge is -2.13. The lowest BCUT2D eigenvalue weighted by Crippen LogP contribution is -2.06. The van der Waals surface area contributed by atoms with Gasteiger partial charge in [0, 0.05) is 20.6 Å². The molecule has 0 saturated heterocycles. The first-order chi connectivity index (χ1) is 9.61. The smallest absolute Gasteiger partial charge is 0.124 e. The van der Waals surface area contributed by atoms with Gasteiger partial charge in [0.15, 0.2) is 0 Å². The highest BCUT2D eigenvalue weighted by Gasteiger charge is 2.09. The van der Waals surface area contributed by atoms with E-state index in [2.05, 4.69) is 15.9 Å². The molecule has 106 valence electrons. The number of benzene rings is 2. The molecule has 0 saturated carbocycles. The van der Waals surface area contributed by atoms with E-state index < -0.39 is 0 Å². The summed E-state index contributed by atoms with van der Waals surface area (Å²) in [5.41, 5.74) is 7.35. The highest BCUT2D eigenvalue weighted by Crippen LogP contribution is 2.28. The Kier molecular flexibility index (Phi) is 5.40. The summed E-state index contributed by atoms with van der Waals surface area (Å²) in [4.78, 5) is 0. The van der Waals surface area contributed by atoms with Gasteiger partial charge in [0.1, 0.15) is 18.2 Å². The zero-order chi connectivity index (χ0) is 14.5. The molecule has 2 N–H and O–H groups in total. The molecule has 2 rings (SSSR count). The van der Waals surface area contributed by atoms with Crippen LogP contribution < -0.4 is 10.5 Å². The predicted octanol–water partition coefficient (Wildman–Crippen LogP) is 4.32. The second-order valence-corrected chi connectivity index (χ2v) is 5.54. The molecule has 0 aliphatic carbocycles. The first kappa shape index (κ1) is 15.3. The lowest BCUT2D eigenvalue weighted by molar-refractivity contribution is 0.302. The van der Waals surface area contributed by atoms with E-state index in [1.165, 1.54) is 12.1 Å². The standard InChI is InChI=1S/C15H14BrClFNO/c16-13-8-11(18)5-4-10(13)9-20-15-3-1-2-14(17)12(15)6-7-19/h1-5,8H,6-7,9,19H2. The van der Waals surface area contributed by atoms with Crippen LogP contribution in [0, 0.1) is 5.82 Å². The number of rotatable bonds is 5. The van der Waals surface area contributed by atoms with Crippen LogP contribution in [0.4, 0.5) is 4.39 Å². The van der Waals surface area contributed by atoms with Crippen LogP contribution in [0.1, 0.15) is 11.1 Å². The van der Waals surface area contributed by atoms with Crippen molar-refractivity contribution in [3.8, 4) is 5.75 Å². The van der Waals surface area contributed by atoms with Gasteiger partial charge in [-0.2, -0.15) is 0 Å². The minimum Gasteiger partial charge on any atom is -0.489 e. The van der Waals surface area contributed by atoms with Gasteiger partial charge in [-0.15, -0.1) is 0 Å². The molecule has 5 heteroatoms. The molecule has 2 aromatic rings. The van der Waals surface area contributed by atoms with Gasteiger partial charge in [-0.25, -0.2) is 4.39 Å². The Morgan fingerprint density at radius 1 is 1.25 bits per heavy atom. The Bertz CT molecular complexity index is 606. The molecule has 0 unspecified atom stereocenters. The maximum absolute atomic E-state index is 13.0. The van der Waals surface area contributed by atoms with Crippen molar-refractivity contribution in [2.75, 3.05) is 6.54 Å². The molecule has 0 aromatic heterocycles. The monoisotopic (exact) mass is 357 g/mol. The van der Waals surface area contributed by atoms with Crippen LogP contribution in [0.15, 0.2) is 40.9 Å². The van der Waals surface area contributed by atoms with E-state index in [1.54, 1.807) is 6.07 Å². The van der Waals surface area contributed by atoms with Gasteiger partial charge in [0.05, 0.1) is 0 Å². The molecule has 0 bridgehead atoms. The quantitative estimate of drug-likeness (QED) is 0.864. The summed E-state index contributed by atoms with van der Waals surface area (Å²) in [5.74, 6) is 0.423. The molecule has 0 radical (unpaired) electrons. The first-order valence-electron chi connectivity index (χ1n) is 6.16. The Balaban J connectivity index is 2.16. The molecule has 0 aliphatic heterocycles. The van der Waals surface area contributed by atoms with Crippen LogP contribution in [0.3, 0.4) is 0 Å². The number of nitrogens with two attached hydrogens (primary N) is 1. The molecule has 0 spiro atoms. The average Bonchev–Trinajstić information content (AvgIpc) is 2.41. The van der Waals surface area contributed by atoms with Crippen molar-refractivity contribution in [1.29, 1.82) is 0 Å². The number of hydrogen-bond donors (Lipinski definition) is 1. The highest BCUT2D eigenvalue weighted by molar-refractivity contribution is 9.10. The molecule has 0 fully saturated rings. The summed E-state index contributed by atoms with van der Waals surface area (Å²) in [6, 6.07) is 10.0. The van der Waals surface area contributed by atoms with Crippen molar-refractivity contribution < 1.29 is 9.13 Å². The van der Waals surface area contributed by atoms with E-state index in [0.29, 0.717) is 34.8 Å². The van der Waals surface area contributed by atoms with E-state index in [0.717, 1.165) is 11.1 Å². The molecule has 0 aliphatic rings. The summed E-state index contributed by atoms with van der Waals surface area (Å²) in [5, 5.41) is 0.645. The second-order valence-electron chi connectivity index (χ2n) is 4.28. The normalized spacial score (nSPS) is 10.6. The fourth-order valence-electron chi connectivity index (χ4n) is 1.86. The highest BCUT2D eigenvalue weighted by atomic mass is 79.9. The Labute approximate surface area is 130 Å². The van der Waals surface area contributed by atoms with Gasteiger partial charge in [-0.05, 0) is 37.2 Å². The van der Waals surface area contributed by atoms with E-state index in [-0.39, 0.29) is 5.82 Å². The van der Waals surface area contributed by atoms with Gasteiger partial charge in [-0.1, -0.05) is 39.7 Å². The van der Waals surface area contributed by atoms with Crippen LogP contribution in [0.25, 0.3) is 0 Å². The Hall–Kier alpha value is -1.10. The fraction of sp³-hybridized carbons (Fsp3) is 0.200. The third kappa shape index (κ3) is 3.72. The van der Waals surface area contributed by atoms with Gasteiger partial charge in [0.25, 0.3) is 0 Å². The van der Waals surface area contributed by atoms with Crippen LogP contribution in [0.5, 0.6) is 5.75 Å². The number of hydrogen-bond acceptors (Lipinski definition) is 2. The topological polar surface area (TPSA) is 35.2 Å². The molecule has 0 atom stereocenters. The Morgan fingerprint density at radius 3 is 2.75 bits per heavy atom. The summed E-state index contributed by atoms with van der Waals surface area (Å²) < 4.78 is 19.5. The minimum absolute atomic E-state index is 0.285. The van der Waals surface area contributed by atoms with Gasteiger partial charge < -0.3 is 10.5 Å². The van der Waals surface area contributed by atoms with Gasteiger partial charge in [0.2, 0.25) is 0 Å². The van der Waals surface area contributed by atoms with Crippen molar-refractivity contribution in [3.63, 3.8) is 0 Å². The molecular formula is C15H14BrClFNO. The SMILES string of the molecule is NCCc1c(Cl)cccc1OCc1ccc(F)cc1Br.